The summed E-state index contributed by atoms with van der Waals surface area (Å²) in [5, 5.41) is 16.6. The van der Waals surface area contributed by atoms with Crippen LogP contribution in [0.1, 0.15) is 19.3 Å². The van der Waals surface area contributed by atoms with Crippen molar-refractivity contribution in [2.75, 3.05) is 39.0 Å². The highest BCUT2D eigenvalue weighted by Gasteiger charge is 2.04. The first-order valence-corrected chi connectivity index (χ1v) is 7.39. The third-order valence-corrected chi connectivity index (χ3v) is 3.09. The molecule has 22 heavy (non-hydrogen) atoms. The van der Waals surface area contributed by atoms with E-state index in [9.17, 15) is 14.9 Å². The summed E-state index contributed by atoms with van der Waals surface area (Å²) in [6, 6.07) is 6.25. The van der Waals surface area contributed by atoms with Crippen molar-refractivity contribution in [3.8, 4) is 0 Å². The van der Waals surface area contributed by atoms with Crippen LogP contribution in [-0.2, 0) is 4.79 Å². The van der Waals surface area contributed by atoms with Crippen LogP contribution in [0, 0.1) is 10.1 Å². The van der Waals surface area contributed by atoms with E-state index in [2.05, 4.69) is 15.5 Å². The Balaban J connectivity index is 2.11. The highest BCUT2D eigenvalue weighted by atomic mass is 16.6. The first-order chi connectivity index (χ1) is 10.5. The lowest BCUT2D eigenvalue weighted by Crippen LogP contribution is -2.27. The Bertz CT molecular complexity index is 474. The predicted molar refractivity (Wildman–Crippen MR) is 87.0 cm³/mol. The van der Waals surface area contributed by atoms with E-state index in [1.54, 1.807) is 12.1 Å². The summed E-state index contributed by atoms with van der Waals surface area (Å²) in [5.41, 5.74) is 0.889. The van der Waals surface area contributed by atoms with Crippen molar-refractivity contribution >= 4 is 17.3 Å². The number of hydrogen-bond donors (Lipinski definition) is 2. The molecular weight excluding hydrogens is 284 g/mol. The van der Waals surface area contributed by atoms with E-state index in [-0.39, 0.29) is 11.6 Å². The van der Waals surface area contributed by atoms with Crippen LogP contribution in [0.15, 0.2) is 24.3 Å². The lowest BCUT2D eigenvalue weighted by molar-refractivity contribution is -0.384. The van der Waals surface area contributed by atoms with Crippen molar-refractivity contribution in [3.05, 3.63) is 34.4 Å². The summed E-state index contributed by atoms with van der Waals surface area (Å²) < 4.78 is 0. The molecule has 2 N–H and O–H groups in total. The highest BCUT2D eigenvalue weighted by molar-refractivity contribution is 5.75. The summed E-state index contributed by atoms with van der Waals surface area (Å²) >= 11 is 0. The zero-order chi connectivity index (χ0) is 16.4. The van der Waals surface area contributed by atoms with Gasteiger partial charge in [-0.05, 0) is 45.6 Å². The topological polar surface area (TPSA) is 87.5 Å². The van der Waals surface area contributed by atoms with Crippen LogP contribution in [0.4, 0.5) is 11.4 Å². The number of amides is 1. The fourth-order valence-electron chi connectivity index (χ4n) is 1.89. The smallest absolute Gasteiger partial charge is 0.269 e. The van der Waals surface area contributed by atoms with Crippen molar-refractivity contribution in [2.24, 2.45) is 0 Å². The molecule has 1 aromatic carbocycles. The van der Waals surface area contributed by atoms with Crippen molar-refractivity contribution in [2.45, 2.75) is 19.3 Å². The molecule has 7 nitrogen and oxygen atoms in total. The molecule has 0 aliphatic rings. The van der Waals surface area contributed by atoms with E-state index in [1.165, 1.54) is 12.1 Å². The van der Waals surface area contributed by atoms with Gasteiger partial charge in [0.25, 0.3) is 5.69 Å². The number of carbonyl (C=O) groups excluding carboxylic acids is 1. The van der Waals surface area contributed by atoms with Gasteiger partial charge in [-0.2, -0.15) is 0 Å². The molecule has 0 heterocycles. The fourth-order valence-corrected chi connectivity index (χ4v) is 1.89. The summed E-state index contributed by atoms with van der Waals surface area (Å²) in [6.07, 6.45) is 2.14. The van der Waals surface area contributed by atoms with Gasteiger partial charge in [-0.25, -0.2) is 0 Å². The Morgan fingerprint density at radius 2 is 1.86 bits per heavy atom. The first kappa shape index (κ1) is 17.9. The first-order valence-electron chi connectivity index (χ1n) is 7.39. The number of non-ortho nitro benzene ring substituents is 1. The molecule has 0 unspecified atom stereocenters. The molecule has 7 heteroatoms. The van der Waals surface area contributed by atoms with Gasteiger partial charge in [0.05, 0.1) is 4.92 Å². The molecule has 1 aromatic rings. The maximum absolute atomic E-state index is 11.6. The number of nitrogens with zero attached hydrogens (tertiary/aromatic N) is 2. The molecule has 0 saturated heterocycles. The van der Waals surface area contributed by atoms with Gasteiger partial charge in [-0.15, -0.1) is 0 Å². The number of nitro benzene ring substituents is 1. The molecule has 0 aliphatic heterocycles. The van der Waals surface area contributed by atoms with E-state index in [4.69, 9.17) is 0 Å². The standard InChI is InChI=1S/C15H24N4O3/c1-18(2)12-4-11-17-15(20)5-3-10-16-13-6-8-14(9-7-13)19(21)22/h6-9,16H,3-5,10-12H2,1-2H3,(H,17,20). The molecule has 0 aliphatic carbocycles. The Morgan fingerprint density at radius 1 is 1.18 bits per heavy atom. The van der Waals surface area contributed by atoms with Gasteiger partial charge in [0.15, 0.2) is 0 Å². The van der Waals surface area contributed by atoms with E-state index in [0.29, 0.717) is 19.5 Å². The van der Waals surface area contributed by atoms with Crippen molar-refractivity contribution in [3.63, 3.8) is 0 Å². The molecule has 0 fully saturated rings. The van der Waals surface area contributed by atoms with Gasteiger partial charge < -0.3 is 15.5 Å². The van der Waals surface area contributed by atoms with Crippen LogP contribution >= 0.6 is 0 Å². The van der Waals surface area contributed by atoms with Crippen molar-refractivity contribution in [1.82, 2.24) is 10.2 Å². The second-order valence-corrected chi connectivity index (χ2v) is 5.34. The normalized spacial score (nSPS) is 10.5. The number of carbonyl (C=O) groups is 1. The summed E-state index contributed by atoms with van der Waals surface area (Å²) in [5.74, 6) is 0.0595. The number of anilines is 1. The van der Waals surface area contributed by atoms with Crippen LogP contribution < -0.4 is 10.6 Å². The molecule has 1 rings (SSSR count). The van der Waals surface area contributed by atoms with Crippen LogP contribution in [0.5, 0.6) is 0 Å². The second kappa shape index (κ2) is 9.73. The van der Waals surface area contributed by atoms with Gasteiger partial charge in [-0.3, -0.25) is 14.9 Å². The average Bonchev–Trinajstić information content (AvgIpc) is 2.48. The number of rotatable bonds is 10. The monoisotopic (exact) mass is 308 g/mol. The van der Waals surface area contributed by atoms with Crippen molar-refractivity contribution < 1.29 is 9.72 Å². The molecule has 0 saturated carbocycles. The van der Waals surface area contributed by atoms with Gasteiger partial charge in [-0.1, -0.05) is 0 Å². The third kappa shape index (κ3) is 7.58. The van der Waals surface area contributed by atoms with E-state index < -0.39 is 4.92 Å². The molecule has 1 amide bonds. The average molecular weight is 308 g/mol. The van der Waals surface area contributed by atoms with Crippen molar-refractivity contribution in [1.29, 1.82) is 0 Å². The molecule has 0 bridgehead atoms. The minimum absolute atomic E-state index is 0.0595. The summed E-state index contributed by atoms with van der Waals surface area (Å²) in [6.45, 7) is 2.32. The molecule has 122 valence electrons. The second-order valence-electron chi connectivity index (χ2n) is 5.34. The third-order valence-electron chi connectivity index (χ3n) is 3.09. The Morgan fingerprint density at radius 3 is 2.45 bits per heavy atom. The lowest BCUT2D eigenvalue weighted by Gasteiger charge is -2.10. The molecule has 0 aromatic heterocycles. The van der Waals surface area contributed by atoms with Gasteiger partial charge >= 0.3 is 0 Å². The van der Waals surface area contributed by atoms with Gasteiger partial charge in [0.2, 0.25) is 5.91 Å². The number of nitrogens with one attached hydrogen (secondary N) is 2. The van der Waals surface area contributed by atoms with Crippen LogP contribution in [0.25, 0.3) is 0 Å². The highest BCUT2D eigenvalue weighted by Crippen LogP contribution is 2.15. The predicted octanol–water partition coefficient (Wildman–Crippen LogP) is 1.85. The largest absolute Gasteiger partial charge is 0.385 e. The summed E-state index contributed by atoms with van der Waals surface area (Å²) in [7, 11) is 4.01. The Kier molecular flexibility index (Phi) is 7.91. The summed E-state index contributed by atoms with van der Waals surface area (Å²) in [4.78, 5) is 23.8. The quantitative estimate of drug-likeness (QED) is 0.391. The molecule has 0 radical (unpaired) electrons. The Labute approximate surface area is 130 Å². The Hall–Kier alpha value is -2.15. The zero-order valence-electron chi connectivity index (χ0n) is 13.2. The number of benzene rings is 1. The zero-order valence-corrected chi connectivity index (χ0v) is 13.2. The molecular formula is C15H24N4O3. The minimum atomic E-state index is -0.426. The fraction of sp³-hybridized carbons (Fsp3) is 0.533. The van der Waals surface area contributed by atoms with Crippen LogP contribution in [0.2, 0.25) is 0 Å². The van der Waals surface area contributed by atoms with E-state index in [1.807, 2.05) is 14.1 Å². The van der Waals surface area contributed by atoms with Gasteiger partial charge in [0.1, 0.15) is 0 Å². The maximum atomic E-state index is 11.6. The molecule has 0 atom stereocenters. The molecule has 0 spiro atoms. The lowest BCUT2D eigenvalue weighted by atomic mass is 10.2. The van der Waals surface area contributed by atoms with Gasteiger partial charge in [0, 0.05) is 37.3 Å². The minimum Gasteiger partial charge on any atom is -0.385 e. The SMILES string of the molecule is CN(C)CCCNC(=O)CCCNc1ccc([N+](=O)[O-])cc1. The van der Waals surface area contributed by atoms with Crippen LogP contribution in [-0.4, -0.2) is 49.5 Å². The van der Waals surface area contributed by atoms with E-state index >= 15 is 0 Å². The number of hydrogen-bond acceptors (Lipinski definition) is 5. The van der Waals surface area contributed by atoms with E-state index in [0.717, 1.165) is 25.1 Å². The number of nitro groups is 1. The maximum Gasteiger partial charge on any atom is 0.269 e. The van der Waals surface area contributed by atoms with Crippen LogP contribution in [0.3, 0.4) is 0 Å².